The number of aromatic nitrogens is 2. The average Bonchev–Trinajstić information content (AvgIpc) is 2.51. The highest BCUT2D eigenvalue weighted by Crippen LogP contribution is 2.19. The smallest absolute Gasteiger partial charge is 0.227 e. The van der Waals surface area contributed by atoms with Gasteiger partial charge in [-0.2, -0.15) is 0 Å². The standard InChI is InChI=1S/C16H11F2N3/c17-12-3-1-11(2-4-12)15-9-10-19-16(21-15)20-14-7-5-13(18)6-8-14/h1-10H,(H,19,20,21). The highest BCUT2D eigenvalue weighted by molar-refractivity contribution is 5.61. The third kappa shape index (κ3) is 3.20. The van der Waals surface area contributed by atoms with E-state index < -0.39 is 0 Å². The van der Waals surface area contributed by atoms with Crippen LogP contribution in [-0.2, 0) is 0 Å². The van der Waals surface area contributed by atoms with Gasteiger partial charge in [-0.25, -0.2) is 18.7 Å². The lowest BCUT2D eigenvalue weighted by Gasteiger charge is -2.06. The summed E-state index contributed by atoms with van der Waals surface area (Å²) < 4.78 is 25.8. The Bertz CT molecular complexity index is 740. The van der Waals surface area contributed by atoms with Gasteiger partial charge in [0.25, 0.3) is 0 Å². The maximum atomic E-state index is 12.9. The second-order valence-corrected chi connectivity index (χ2v) is 4.40. The third-order valence-electron chi connectivity index (χ3n) is 2.90. The molecule has 1 N–H and O–H groups in total. The van der Waals surface area contributed by atoms with Crippen molar-refractivity contribution in [1.82, 2.24) is 9.97 Å². The molecule has 0 aliphatic carbocycles. The van der Waals surface area contributed by atoms with E-state index in [-0.39, 0.29) is 11.6 Å². The van der Waals surface area contributed by atoms with Crippen LogP contribution in [0.15, 0.2) is 60.8 Å². The zero-order chi connectivity index (χ0) is 14.7. The van der Waals surface area contributed by atoms with Crippen LogP contribution in [0.1, 0.15) is 0 Å². The maximum absolute atomic E-state index is 12.9. The van der Waals surface area contributed by atoms with Gasteiger partial charge < -0.3 is 5.32 Å². The van der Waals surface area contributed by atoms with Crippen LogP contribution in [-0.4, -0.2) is 9.97 Å². The molecule has 0 fully saturated rings. The van der Waals surface area contributed by atoms with Crippen molar-refractivity contribution in [1.29, 1.82) is 0 Å². The van der Waals surface area contributed by atoms with Gasteiger partial charge in [-0.05, 0) is 54.6 Å². The van der Waals surface area contributed by atoms with Gasteiger partial charge in [-0.15, -0.1) is 0 Å². The third-order valence-corrected chi connectivity index (χ3v) is 2.90. The molecule has 0 aliphatic heterocycles. The van der Waals surface area contributed by atoms with Crippen LogP contribution < -0.4 is 5.32 Å². The Hall–Kier alpha value is -2.82. The van der Waals surface area contributed by atoms with Crippen LogP contribution in [0.5, 0.6) is 0 Å². The van der Waals surface area contributed by atoms with Gasteiger partial charge in [0.15, 0.2) is 0 Å². The molecule has 2 aromatic carbocycles. The molecular weight excluding hydrogens is 272 g/mol. The van der Waals surface area contributed by atoms with E-state index in [0.717, 1.165) is 5.56 Å². The maximum Gasteiger partial charge on any atom is 0.227 e. The predicted molar refractivity (Wildman–Crippen MR) is 77.1 cm³/mol. The highest BCUT2D eigenvalue weighted by Gasteiger charge is 2.03. The van der Waals surface area contributed by atoms with Crippen LogP contribution in [0.25, 0.3) is 11.3 Å². The summed E-state index contributed by atoms with van der Waals surface area (Å²) in [7, 11) is 0. The first-order valence-electron chi connectivity index (χ1n) is 6.32. The van der Waals surface area contributed by atoms with E-state index >= 15 is 0 Å². The molecule has 3 rings (SSSR count). The quantitative estimate of drug-likeness (QED) is 0.784. The van der Waals surface area contributed by atoms with E-state index in [1.54, 1.807) is 36.5 Å². The van der Waals surface area contributed by atoms with E-state index in [9.17, 15) is 8.78 Å². The topological polar surface area (TPSA) is 37.8 Å². The molecular formula is C16H11F2N3. The number of halogens is 2. The van der Waals surface area contributed by atoms with E-state index in [4.69, 9.17) is 0 Å². The summed E-state index contributed by atoms with van der Waals surface area (Å²) in [5.41, 5.74) is 2.16. The summed E-state index contributed by atoms with van der Waals surface area (Å²) in [5.74, 6) is -0.206. The molecule has 21 heavy (non-hydrogen) atoms. The van der Waals surface area contributed by atoms with Gasteiger partial charge in [0.05, 0.1) is 5.69 Å². The number of benzene rings is 2. The molecule has 1 heterocycles. The molecule has 0 amide bonds. The van der Waals surface area contributed by atoms with Crippen molar-refractivity contribution >= 4 is 11.6 Å². The molecule has 5 heteroatoms. The molecule has 0 saturated heterocycles. The van der Waals surface area contributed by atoms with Gasteiger partial charge in [-0.1, -0.05) is 0 Å². The van der Waals surface area contributed by atoms with Crippen molar-refractivity contribution in [3.05, 3.63) is 72.4 Å². The summed E-state index contributed by atoms with van der Waals surface area (Å²) in [6.45, 7) is 0. The average molecular weight is 283 g/mol. The first kappa shape index (κ1) is 13.2. The van der Waals surface area contributed by atoms with Crippen molar-refractivity contribution in [3.8, 4) is 11.3 Å². The first-order valence-corrected chi connectivity index (χ1v) is 6.32. The summed E-state index contributed by atoms with van der Waals surface area (Å²) in [4.78, 5) is 8.46. The first-order chi connectivity index (χ1) is 10.2. The Balaban J connectivity index is 1.86. The molecule has 0 radical (unpaired) electrons. The molecule has 104 valence electrons. The van der Waals surface area contributed by atoms with E-state index in [0.29, 0.717) is 17.3 Å². The Morgan fingerprint density at radius 2 is 1.38 bits per heavy atom. The van der Waals surface area contributed by atoms with E-state index in [2.05, 4.69) is 15.3 Å². The Morgan fingerprint density at radius 1 is 0.762 bits per heavy atom. The Kier molecular flexibility index (Phi) is 3.55. The normalized spacial score (nSPS) is 10.4. The number of anilines is 2. The van der Waals surface area contributed by atoms with Crippen molar-refractivity contribution < 1.29 is 8.78 Å². The largest absolute Gasteiger partial charge is 0.324 e. The molecule has 0 atom stereocenters. The predicted octanol–water partition coefficient (Wildman–Crippen LogP) is 4.17. The minimum Gasteiger partial charge on any atom is -0.324 e. The monoisotopic (exact) mass is 283 g/mol. The van der Waals surface area contributed by atoms with Crippen LogP contribution in [0.4, 0.5) is 20.4 Å². The number of nitrogens with zero attached hydrogens (tertiary/aromatic N) is 2. The molecule has 0 bridgehead atoms. The fraction of sp³-hybridized carbons (Fsp3) is 0. The van der Waals surface area contributed by atoms with Crippen molar-refractivity contribution in [2.75, 3.05) is 5.32 Å². The molecule has 0 spiro atoms. The van der Waals surface area contributed by atoms with Crippen LogP contribution in [0, 0.1) is 11.6 Å². The Morgan fingerprint density at radius 3 is 2.05 bits per heavy atom. The summed E-state index contributed by atoms with van der Waals surface area (Å²) >= 11 is 0. The van der Waals surface area contributed by atoms with Crippen molar-refractivity contribution in [3.63, 3.8) is 0 Å². The molecule has 3 aromatic rings. The van der Waals surface area contributed by atoms with E-state index in [1.165, 1.54) is 24.3 Å². The molecule has 3 nitrogen and oxygen atoms in total. The molecule has 0 saturated carbocycles. The number of hydrogen-bond donors (Lipinski definition) is 1. The van der Waals surface area contributed by atoms with Gasteiger partial charge in [-0.3, -0.25) is 0 Å². The van der Waals surface area contributed by atoms with Crippen molar-refractivity contribution in [2.24, 2.45) is 0 Å². The zero-order valence-corrected chi connectivity index (χ0v) is 10.9. The molecule has 0 unspecified atom stereocenters. The number of nitrogens with one attached hydrogen (secondary N) is 1. The van der Waals surface area contributed by atoms with Crippen molar-refractivity contribution in [2.45, 2.75) is 0 Å². The second kappa shape index (κ2) is 5.66. The molecule has 0 aliphatic rings. The molecule has 1 aromatic heterocycles. The minimum absolute atomic E-state index is 0.294. The SMILES string of the molecule is Fc1ccc(Nc2nccc(-c3ccc(F)cc3)n2)cc1. The summed E-state index contributed by atoms with van der Waals surface area (Å²) in [6, 6.07) is 13.7. The van der Waals surface area contributed by atoms with Gasteiger partial charge in [0.1, 0.15) is 11.6 Å². The Labute approximate surface area is 120 Å². The zero-order valence-electron chi connectivity index (χ0n) is 10.9. The van der Waals surface area contributed by atoms with Gasteiger partial charge >= 0.3 is 0 Å². The lowest BCUT2D eigenvalue weighted by atomic mass is 10.1. The van der Waals surface area contributed by atoms with Gasteiger partial charge in [0, 0.05) is 17.4 Å². The van der Waals surface area contributed by atoms with Crippen LogP contribution in [0.3, 0.4) is 0 Å². The highest BCUT2D eigenvalue weighted by atomic mass is 19.1. The number of hydrogen-bond acceptors (Lipinski definition) is 3. The lowest BCUT2D eigenvalue weighted by molar-refractivity contribution is 0.627. The second-order valence-electron chi connectivity index (χ2n) is 4.40. The van der Waals surface area contributed by atoms with Crippen LogP contribution in [0.2, 0.25) is 0 Å². The van der Waals surface area contributed by atoms with E-state index in [1.807, 2.05) is 0 Å². The minimum atomic E-state index is -0.304. The summed E-state index contributed by atoms with van der Waals surface area (Å²) in [6.07, 6.45) is 1.61. The van der Waals surface area contributed by atoms with Crippen LogP contribution >= 0.6 is 0 Å². The fourth-order valence-corrected chi connectivity index (χ4v) is 1.86. The van der Waals surface area contributed by atoms with Gasteiger partial charge in [0.2, 0.25) is 5.95 Å². The number of rotatable bonds is 3. The summed E-state index contributed by atoms with van der Waals surface area (Å²) in [5, 5.41) is 2.99. The fourth-order valence-electron chi connectivity index (χ4n) is 1.86. The lowest BCUT2D eigenvalue weighted by Crippen LogP contribution is -1.97.